The molecule has 1 aromatic carbocycles. The fourth-order valence-electron chi connectivity index (χ4n) is 2.45. The van der Waals surface area contributed by atoms with Crippen molar-refractivity contribution in [2.45, 2.75) is 51.0 Å². The number of rotatable bonds is 7. The second kappa shape index (κ2) is 6.20. The summed E-state index contributed by atoms with van der Waals surface area (Å²) in [5.41, 5.74) is 2.02. The molecule has 2 atom stereocenters. The van der Waals surface area contributed by atoms with Gasteiger partial charge in [-0.1, -0.05) is 44.0 Å². The van der Waals surface area contributed by atoms with E-state index in [0.717, 1.165) is 12.8 Å². The maximum atomic E-state index is 11.2. The average molecular weight is 262 g/mol. The molecule has 0 amide bonds. The van der Waals surface area contributed by atoms with E-state index in [9.17, 15) is 15.0 Å². The molecule has 1 aliphatic rings. The molecule has 0 bridgehead atoms. The summed E-state index contributed by atoms with van der Waals surface area (Å²) < 4.78 is 0. The van der Waals surface area contributed by atoms with E-state index in [1.54, 1.807) is 0 Å². The number of benzene rings is 1. The molecule has 2 N–H and O–H groups in total. The van der Waals surface area contributed by atoms with Crippen LogP contribution in [0, 0.1) is 5.92 Å². The zero-order chi connectivity index (χ0) is 13.8. The van der Waals surface area contributed by atoms with Crippen molar-refractivity contribution in [3.8, 4) is 0 Å². The lowest BCUT2D eigenvalue weighted by atomic mass is 9.90. The van der Waals surface area contributed by atoms with Crippen LogP contribution in [0.3, 0.4) is 0 Å². The number of carbonyl (C=O) groups is 1. The summed E-state index contributed by atoms with van der Waals surface area (Å²) in [4.78, 5) is 11.2. The van der Waals surface area contributed by atoms with E-state index in [1.807, 2.05) is 31.2 Å². The first-order valence-electron chi connectivity index (χ1n) is 7.14. The van der Waals surface area contributed by atoms with Crippen LogP contribution in [0.5, 0.6) is 0 Å². The molecule has 0 radical (unpaired) electrons. The summed E-state index contributed by atoms with van der Waals surface area (Å²) in [6.07, 6.45) is 3.88. The van der Waals surface area contributed by atoms with Gasteiger partial charge in [0.05, 0.1) is 12.0 Å². The van der Waals surface area contributed by atoms with Crippen molar-refractivity contribution < 1.29 is 15.0 Å². The first-order valence-corrected chi connectivity index (χ1v) is 7.14. The normalized spacial score (nSPS) is 18.0. The minimum Gasteiger partial charge on any atom is -0.481 e. The third-order valence-corrected chi connectivity index (χ3v) is 3.89. The van der Waals surface area contributed by atoms with Crippen LogP contribution >= 0.6 is 0 Å². The van der Waals surface area contributed by atoms with Crippen LogP contribution in [0.15, 0.2) is 24.3 Å². The molecule has 0 saturated heterocycles. The number of hydrogen-bond acceptors (Lipinski definition) is 2. The summed E-state index contributed by atoms with van der Waals surface area (Å²) >= 11 is 0. The van der Waals surface area contributed by atoms with Gasteiger partial charge in [-0.3, -0.25) is 4.79 Å². The zero-order valence-corrected chi connectivity index (χ0v) is 11.4. The number of aliphatic hydroxyl groups excluding tert-OH is 1. The average Bonchev–Trinajstić information content (AvgIpc) is 3.23. The van der Waals surface area contributed by atoms with Gasteiger partial charge in [0.15, 0.2) is 0 Å². The Hall–Kier alpha value is -1.35. The monoisotopic (exact) mass is 262 g/mol. The molecule has 104 valence electrons. The van der Waals surface area contributed by atoms with Crippen molar-refractivity contribution in [2.24, 2.45) is 5.92 Å². The lowest BCUT2D eigenvalue weighted by molar-refractivity contribution is -0.146. The number of aliphatic hydroxyl groups is 1. The van der Waals surface area contributed by atoms with Crippen LogP contribution in [-0.4, -0.2) is 16.2 Å². The Bertz CT molecular complexity index is 420. The highest BCUT2D eigenvalue weighted by molar-refractivity contribution is 5.71. The molecular formula is C16H22O3. The van der Waals surface area contributed by atoms with E-state index >= 15 is 0 Å². The molecule has 0 spiro atoms. The highest BCUT2D eigenvalue weighted by Gasteiger charge is 2.28. The Morgan fingerprint density at radius 2 is 1.95 bits per heavy atom. The Labute approximate surface area is 114 Å². The van der Waals surface area contributed by atoms with E-state index < -0.39 is 18.0 Å². The van der Waals surface area contributed by atoms with Crippen molar-refractivity contribution in [1.29, 1.82) is 0 Å². The largest absolute Gasteiger partial charge is 0.481 e. The van der Waals surface area contributed by atoms with Crippen LogP contribution in [0.4, 0.5) is 0 Å². The molecule has 0 aromatic heterocycles. The summed E-state index contributed by atoms with van der Waals surface area (Å²) in [5.74, 6) is -0.930. The van der Waals surface area contributed by atoms with E-state index in [2.05, 4.69) is 0 Å². The Morgan fingerprint density at radius 1 is 1.32 bits per heavy atom. The topological polar surface area (TPSA) is 57.5 Å². The summed E-state index contributed by atoms with van der Waals surface area (Å²) in [6.45, 7) is 2.02. The zero-order valence-electron chi connectivity index (χ0n) is 11.4. The van der Waals surface area contributed by atoms with Crippen molar-refractivity contribution >= 4 is 5.97 Å². The number of carboxylic acid groups (broad SMARTS) is 1. The standard InChI is InChI=1S/C16H22O3/c1-2-3-4-14(16(18)19)15(17)13-9-7-12(8-10-13)11-5-6-11/h7-11,14-15,17H,2-6H2,1H3,(H,18,19). The van der Waals surface area contributed by atoms with Gasteiger partial charge in [0.1, 0.15) is 0 Å². The highest BCUT2D eigenvalue weighted by atomic mass is 16.4. The second-order valence-electron chi connectivity index (χ2n) is 5.47. The molecule has 1 saturated carbocycles. The first-order chi connectivity index (χ1) is 9.13. The molecule has 0 heterocycles. The third-order valence-electron chi connectivity index (χ3n) is 3.89. The van der Waals surface area contributed by atoms with Crippen LogP contribution < -0.4 is 0 Å². The minimum atomic E-state index is -0.910. The molecular weight excluding hydrogens is 240 g/mol. The van der Waals surface area contributed by atoms with Crippen LogP contribution in [0.1, 0.15) is 62.2 Å². The maximum Gasteiger partial charge on any atom is 0.309 e. The smallest absolute Gasteiger partial charge is 0.309 e. The molecule has 3 nitrogen and oxygen atoms in total. The molecule has 2 rings (SSSR count). The van der Waals surface area contributed by atoms with Crippen molar-refractivity contribution in [3.63, 3.8) is 0 Å². The molecule has 1 fully saturated rings. The van der Waals surface area contributed by atoms with E-state index in [1.165, 1.54) is 18.4 Å². The first kappa shape index (κ1) is 14.1. The van der Waals surface area contributed by atoms with Crippen molar-refractivity contribution in [3.05, 3.63) is 35.4 Å². The number of aliphatic carboxylic acids is 1. The van der Waals surface area contributed by atoms with Gasteiger partial charge in [-0.25, -0.2) is 0 Å². The quantitative estimate of drug-likeness (QED) is 0.790. The molecule has 19 heavy (non-hydrogen) atoms. The van der Waals surface area contributed by atoms with Crippen LogP contribution in [0.2, 0.25) is 0 Å². The van der Waals surface area contributed by atoms with Gasteiger partial charge in [0, 0.05) is 0 Å². The SMILES string of the molecule is CCCCC(C(=O)O)C(O)c1ccc(C2CC2)cc1. The highest BCUT2D eigenvalue weighted by Crippen LogP contribution is 2.40. The van der Waals surface area contributed by atoms with E-state index in [0.29, 0.717) is 17.9 Å². The fourth-order valence-corrected chi connectivity index (χ4v) is 2.45. The summed E-state index contributed by atoms with van der Waals surface area (Å²) in [6, 6.07) is 7.80. The van der Waals surface area contributed by atoms with Gasteiger partial charge < -0.3 is 10.2 Å². The number of hydrogen-bond donors (Lipinski definition) is 2. The molecule has 3 heteroatoms. The Balaban J connectivity index is 2.06. The predicted octanol–water partition coefficient (Wildman–Crippen LogP) is 3.49. The van der Waals surface area contributed by atoms with E-state index in [-0.39, 0.29) is 0 Å². The van der Waals surface area contributed by atoms with Crippen LogP contribution in [-0.2, 0) is 4.79 Å². The van der Waals surface area contributed by atoms with Crippen molar-refractivity contribution in [2.75, 3.05) is 0 Å². The molecule has 1 aromatic rings. The Kier molecular flexibility index (Phi) is 4.59. The third kappa shape index (κ3) is 3.57. The van der Waals surface area contributed by atoms with Gasteiger partial charge >= 0.3 is 5.97 Å². The summed E-state index contributed by atoms with van der Waals surface area (Å²) in [7, 11) is 0. The van der Waals surface area contributed by atoms with Gasteiger partial charge in [-0.2, -0.15) is 0 Å². The second-order valence-corrected chi connectivity index (χ2v) is 5.47. The van der Waals surface area contributed by atoms with Crippen LogP contribution in [0.25, 0.3) is 0 Å². The lowest BCUT2D eigenvalue weighted by Crippen LogP contribution is -2.22. The number of carboxylic acids is 1. The van der Waals surface area contributed by atoms with Gasteiger partial charge in [0.2, 0.25) is 0 Å². The van der Waals surface area contributed by atoms with E-state index in [4.69, 9.17) is 0 Å². The Morgan fingerprint density at radius 3 is 2.42 bits per heavy atom. The van der Waals surface area contributed by atoms with Gasteiger partial charge in [-0.05, 0) is 36.3 Å². The lowest BCUT2D eigenvalue weighted by Gasteiger charge is -2.19. The molecule has 1 aliphatic carbocycles. The van der Waals surface area contributed by atoms with Gasteiger partial charge in [-0.15, -0.1) is 0 Å². The fraction of sp³-hybridized carbons (Fsp3) is 0.562. The molecule has 0 aliphatic heterocycles. The van der Waals surface area contributed by atoms with Gasteiger partial charge in [0.25, 0.3) is 0 Å². The maximum absolute atomic E-state index is 11.2. The van der Waals surface area contributed by atoms with Crippen molar-refractivity contribution in [1.82, 2.24) is 0 Å². The number of unbranched alkanes of at least 4 members (excludes halogenated alkanes) is 1. The summed E-state index contributed by atoms with van der Waals surface area (Å²) in [5, 5.41) is 19.5. The minimum absolute atomic E-state index is 0.525. The predicted molar refractivity (Wildman–Crippen MR) is 74.0 cm³/mol. The molecule has 2 unspecified atom stereocenters.